The number of thioether (sulfide) groups is 1. The molecule has 2 aromatic rings. The van der Waals surface area contributed by atoms with Crippen molar-refractivity contribution in [2.24, 2.45) is 0 Å². The zero-order valence-electron chi connectivity index (χ0n) is 14.4. The van der Waals surface area contributed by atoms with Gasteiger partial charge in [-0.05, 0) is 30.7 Å². The summed E-state index contributed by atoms with van der Waals surface area (Å²) < 4.78 is 0. The van der Waals surface area contributed by atoms with Gasteiger partial charge in [0, 0.05) is 11.4 Å². The van der Waals surface area contributed by atoms with E-state index in [-0.39, 0.29) is 5.91 Å². The molecule has 0 atom stereocenters. The summed E-state index contributed by atoms with van der Waals surface area (Å²) in [6.45, 7) is 4.09. The van der Waals surface area contributed by atoms with Gasteiger partial charge in [-0.15, -0.1) is 11.8 Å². The second-order valence-electron chi connectivity index (χ2n) is 5.69. The first-order valence-corrected chi connectivity index (χ1v) is 9.36. The normalized spacial score (nSPS) is 10.4. The summed E-state index contributed by atoms with van der Waals surface area (Å²) in [4.78, 5) is 15.6. The van der Waals surface area contributed by atoms with Crippen molar-refractivity contribution in [1.29, 1.82) is 5.26 Å². The number of rotatable bonds is 9. The van der Waals surface area contributed by atoms with Crippen LogP contribution in [0.3, 0.4) is 0 Å². The molecule has 130 valence electrons. The van der Waals surface area contributed by atoms with E-state index in [1.165, 1.54) is 17.3 Å². The molecule has 0 aromatic heterocycles. The van der Waals surface area contributed by atoms with E-state index in [1.807, 2.05) is 42.5 Å². The lowest BCUT2D eigenvalue weighted by Gasteiger charge is -2.21. The van der Waals surface area contributed by atoms with E-state index in [2.05, 4.69) is 35.3 Å². The van der Waals surface area contributed by atoms with Gasteiger partial charge < -0.3 is 5.32 Å². The predicted molar refractivity (Wildman–Crippen MR) is 103 cm³/mol. The van der Waals surface area contributed by atoms with Gasteiger partial charge in [0.25, 0.3) is 0 Å². The zero-order chi connectivity index (χ0) is 17.9. The summed E-state index contributed by atoms with van der Waals surface area (Å²) in [5.41, 5.74) is 1.97. The third-order valence-corrected chi connectivity index (χ3v) is 4.55. The van der Waals surface area contributed by atoms with Crippen molar-refractivity contribution in [3.05, 3.63) is 60.2 Å². The van der Waals surface area contributed by atoms with Gasteiger partial charge in [0.05, 0.1) is 24.1 Å². The number of nitrogens with one attached hydrogen (secondary N) is 1. The van der Waals surface area contributed by atoms with Gasteiger partial charge in [-0.25, -0.2) is 0 Å². The molecule has 2 aromatic carbocycles. The highest BCUT2D eigenvalue weighted by atomic mass is 32.2. The molecule has 5 heteroatoms. The summed E-state index contributed by atoms with van der Waals surface area (Å²) in [6.07, 6.45) is 0.995. The number of anilines is 1. The van der Waals surface area contributed by atoms with E-state index in [0.29, 0.717) is 12.3 Å². The third kappa shape index (κ3) is 6.61. The molecule has 0 aliphatic rings. The molecule has 0 heterocycles. The molecule has 0 bridgehead atoms. The van der Waals surface area contributed by atoms with Gasteiger partial charge in [-0.3, -0.25) is 9.69 Å². The van der Waals surface area contributed by atoms with Crippen molar-refractivity contribution in [3.63, 3.8) is 0 Å². The third-order valence-electron chi connectivity index (χ3n) is 3.61. The molecule has 0 unspecified atom stereocenters. The summed E-state index contributed by atoms with van der Waals surface area (Å²) in [5, 5.41) is 11.7. The maximum atomic E-state index is 12.5. The van der Waals surface area contributed by atoms with Crippen LogP contribution in [-0.2, 0) is 11.3 Å². The average molecular weight is 353 g/mol. The number of hydrogen-bond acceptors (Lipinski definition) is 4. The lowest BCUT2D eigenvalue weighted by Crippen LogP contribution is -2.33. The second-order valence-corrected chi connectivity index (χ2v) is 6.70. The Labute approximate surface area is 153 Å². The largest absolute Gasteiger partial charge is 0.324 e. The monoisotopic (exact) mass is 353 g/mol. The zero-order valence-corrected chi connectivity index (χ0v) is 15.3. The van der Waals surface area contributed by atoms with Crippen LogP contribution in [0.4, 0.5) is 5.69 Å². The summed E-state index contributed by atoms with van der Waals surface area (Å²) in [7, 11) is 0. The summed E-state index contributed by atoms with van der Waals surface area (Å²) in [5.74, 6) is 0.331. The standard InChI is InChI=1S/C20H23N3OS/c1-2-13-23(15-17-8-4-3-5-9-17)16-20(24)22-18-10-6-7-11-19(18)25-14-12-21/h3-11H,2,13-16H2,1H3,(H,22,24). The van der Waals surface area contributed by atoms with E-state index in [4.69, 9.17) is 5.26 Å². The van der Waals surface area contributed by atoms with Crippen LogP contribution in [0.5, 0.6) is 0 Å². The Hall–Kier alpha value is -2.29. The molecule has 1 amide bonds. The van der Waals surface area contributed by atoms with Gasteiger partial charge >= 0.3 is 0 Å². The molecule has 4 nitrogen and oxygen atoms in total. The van der Waals surface area contributed by atoms with E-state index < -0.39 is 0 Å². The number of benzene rings is 2. The van der Waals surface area contributed by atoms with Crippen molar-refractivity contribution < 1.29 is 4.79 Å². The summed E-state index contributed by atoms with van der Waals surface area (Å²) >= 11 is 1.43. The fraction of sp³-hybridized carbons (Fsp3) is 0.300. The quantitative estimate of drug-likeness (QED) is 0.688. The minimum atomic E-state index is -0.0330. The van der Waals surface area contributed by atoms with Crippen LogP contribution in [-0.4, -0.2) is 29.6 Å². The van der Waals surface area contributed by atoms with Gasteiger partial charge in [-0.1, -0.05) is 49.4 Å². The van der Waals surface area contributed by atoms with Crippen LogP contribution in [0.15, 0.2) is 59.5 Å². The van der Waals surface area contributed by atoms with Gasteiger partial charge in [0.1, 0.15) is 0 Å². The van der Waals surface area contributed by atoms with Gasteiger partial charge in [-0.2, -0.15) is 5.26 Å². The molecule has 0 radical (unpaired) electrons. The first-order valence-electron chi connectivity index (χ1n) is 8.38. The Bertz CT molecular complexity index is 712. The van der Waals surface area contributed by atoms with Crippen molar-refractivity contribution >= 4 is 23.4 Å². The van der Waals surface area contributed by atoms with E-state index in [1.54, 1.807) is 0 Å². The summed E-state index contributed by atoms with van der Waals surface area (Å²) in [6, 6.07) is 19.9. The fourth-order valence-corrected chi connectivity index (χ4v) is 3.24. The molecule has 1 N–H and O–H groups in total. The highest BCUT2D eigenvalue weighted by molar-refractivity contribution is 7.99. The second kappa shape index (κ2) is 10.5. The number of para-hydroxylation sites is 1. The fourth-order valence-electron chi connectivity index (χ4n) is 2.57. The maximum Gasteiger partial charge on any atom is 0.238 e. The molecule has 0 aliphatic carbocycles. The lowest BCUT2D eigenvalue weighted by molar-refractivity contribution is -0.117. The molecule has 2 rings (SSSR count). The van der Waals surface area contributed by atoms with Crippen LogP contribution < -0.4 is 5.32 Å². The topological polar surface area (TPSA) is 56.1 Å². The smallest absolute Gasteiger partial charge is 0.238 e. The number of nitriles is 1. The Kier molecular flexibility index (Phi) is 8.03. The first-order chi connectivity index (χ1) is 12.2. The molecular weight excluding hydrogens is 330 g/mol. The number of carbonyl (C=O) groups excluding carboxylic acids is 1. The van der Waals surface area contributed by atoms with Crippen LogP contribution in [0.25, 0.3) is 0 Å². The van der Waals surface area contributed by atoms with E-state index in [0.717, 1.165) is 30.1 Å². The Morgan fingerprint density at radius 3 is 2.60 bits per heavy atom. The van der Waals surface area contributed by atoms with Gasteiger partial charge in [0.15, 0.2) is 0 Å². The van der Waals surface area contributed by atoms with Crippen LogP contribution in [0.1, 0.15) is 18.9 Å². The minimum Gasteiger partial charge on any atom is -0.324 e. The Morgan fingerprint density at radius 1 is 1.16 bits per heavy atom. The molecule has 0 aliphatic heterocycles. The maximum absolute atomic E-state index is 12.5. The van der Waals surface area contributed by atoms with E-state index in [9.17, 15) is 4.79 Å². The number of nitrogens with zero attached hydrogens (tertiary/aromatic N) is 2. The van der Waals surface area contributed by atoms with Crippen LogP contribution in [0, 0.1) is 11.3 Å². The highest BCUT2D eigenvalue weighted by Gasteiger charge is 2.12. The van der Waals surface area contributed by atoms with Crippen molar-refractivity contribution in [2.75, 3.05) is 24.2 Å². The van der Waals surface area contributed by atoms with Crippen molar-refractivity contribution in [2.45, 2.75) is 24.8 Å². The molecule has 0 fully saturated rings. The lowest BCUT2D eigenvalue weighted by atomic mass is 10.2. The van der Waals surface area contributed by atoms with Crippen molar-refractivity contribution in [1.82, 2.24) is 4.90 Å². The SMILES string of the molecule is CCCN(CC(=O)Nc1ccccc1SCC#N)Cc1ccccc1. The Morgan fingerprint density at radius 2 is 1.88 bits per heavy atom. The number of amides is 1. The highest BCUT2D eigenvalue weighted by Crippen LogP contribution is 2.26. The first kappa shape index (κ1) is 19.0. The van der Waals surface area contributed by atoms with Crippen LogP contribution in [0.2, 0.25) is 0 Å². The number of carbonyl (C=O) groups is 1. The average Bonchev–Trinajstić information content (AvgIpc) is 2.62. The molecule has 0 spiro atoms. The molecule has 0 saturated carbocycles. The van der Waals surface area contributed by atoms with Crippen LogP contribution >= 0.6 is 11.8 Å². The minimum absolute atomic E-state index is 0.0330. The molecule has 25 heavy (non-hydrogen) atoms. The molecular formula is C20H23N3OS. The van der Waals surface area contributed by atoms with Crippen molar-refractivity contribution in [3.8, 4) is 6.07 Å². The predicted octanol–water partition coefficient (Wildman–Crippen LogP) is 4.15. The Balaban J connectivity index is 1.98. The van der Waals surface area contributed by atoms with Gasteiger partial charge in [0.2, 0.25) is 5.91 Å². The molecule has 0 saturated heterocycles. The number of hydrogen-bond donors (Lipinski definition) is 1. The van der Waals surface area contributed by atoms with E-state index >= 15 is 0 Å².